The van der Waals surface area contributed by atoms with Gasteiger partial charge in [0.25, 0.3) is 0 Å². The normalized spacial score (nSPS) is 13.3. The van der Waals surface area contributed by atoms with Crippen LogP contribution in [0.15, 0.2) is 36.4 Å². The molecule has 1 amide bonds. The molecule has 2 N–H and O–H groups in total. The second-order valence-electron chi connectivity index (χ2n) is 5.67. The highest BCUT2D eigenvalue weighted by atomic mass is 16.4. The highest BCUT2D eigenvalue weighted by Gasteiger charge is 2.23. The first-order chi connectivity index (χ1) is 10.9. The Morgan fingerprint density at radius 2 is 1.91 bits per heavy atom. The van der Waals surface area contributed by atoms with Gasteiger partial charge in [-0.25, -0.2) is 4.79 Å². The van der Waals surface area contributed by atoms with Gasteiger partial charge in [-0.3, -0.25) is 9.48 Å². The van der Waals surface area contributed by atoms with E-state index < -0.39 is 12.0 Å². The average Bonchev–Trinajstić information content (AvgIpc) is 2.84. The first-order valence-electron chi connectivity index (χ1n) is 7.48. The van der Waals surface area contributed by atoms with Crippen LogP contribution in [-0.2, 0) is 9.59 Å². The number of carbonyl (C=O) groups excluding carboxylic acids is 1. The SMILES string of the molecule is Cc1cc(C)n(C(C)CC(=O)N[C@H](C(=O)O)c2ccccc2)n1. The molecule has 0 fully saturated rings. The van der Waals surface area contributed by atoms with E-state index in [2.05, 4.69) is 10.4 Å². The number of aromatic nitrogens is 2. The molecule has 0 aliphatic heterocycles. The largest absolute Gasteiger partial charge is 0.479 e. The molecule has 6 heteroatoms. The molecular weight excluding hydrogens is 294 g/mol. The third-order valence-electron chi connectivity index (χ3n) is 3.63. The zero-order valence-corrected chi connectivity index (χ0v) is 13.5. The van der Waals surface area contributed by atoms with Gasteiger partial charge in [-0.2, -0.15) is 5.10 Å². The van der Waals surface area contributed by atoms with Crippen molar-refractivity contribution >= 4 is 11.9 Å². The monoisotopic (exact) mass is 315 g/mol. The number of aryl methyl sites for hydroxylation is 2. The summed E-state index contributed by atoms with van der Waals surface area (Å²) < 4.78 is 1.78. The molecule has 1 aromatic carbocycles. The van der Waals surface area contributed by atoms with Gasteiger partial charge in [0.2, 0.25) is 5.91 Å². The summed E-state index contributed by atoms with van der Waals surface area (Å²) in [6.07, 6.45) is 0.165. The molecular formula is C17H21N3O3. The lowest BCUT2D eigenvalue weighted by Gasteiger charge is -2.18. The quantitative estimate of drug-likeness (QED) is 0.857. The van der Waals surface area contributed by atoms with Crippen molar-refractivity contribution in [3.8, 4) is 0 Å². The standard InChI is InChI=1S/C17H21N3O3/c1-11-9-12(2)20(19-11)13(3)10-15(21)18-16(17(22)23)14-7-5-4-6-8-14/h4-9,13,16H,10H2,1-3H3,(H,18,21)(H,22,23)/t13?,16-/m0/s1. The fourth-order valence-electron chi connectivity index (χ4n) is 2.60. The van der Waals surface area contributed by atoms with Crippen LogP contribution in [-0.4, -0.2) is 26.8 Å². The topological polar surface area (TPSA) is 84.2 Å². The maximum atomic E-state index is 12.2. The summed E-state index contributed by atoms with van der Waals surface area (Å²) in [6, 6.07) is 9.41. The number of rotatable bonds is 6. The summed E-state index contributed by atoms with van der Waals surface area (Å²) in [4.78, 5) is 23.6. The van der Waals surface area contributed by atoms with Crippen molar-refractivity contribution in [2.75, 3.05) is 0 Å². The molecule has 0 saturated heterocycles. The Hall–Kier alpha value is -2.63. The Kier molecular flexibility index (Phi) is 5.16. The Morgan fingerprint density at radius 1 is 1.26 bits per heavy atom. The number of hydrogen-bond donors (Lipinski definition) is 2. The van der Waals surface area contributed by atoms with Crippen molar-refractivity contribution in [2.45, 2.75) is 39.3 Å². The van der Waals surface area contributed by atoms with E-state index in [1.165, 1.54) is 0 Å². The smallest absolute Gasteiger partial charge is 0.330 e. The van der Waals surface area contributed by atoms with Crippen LogP contribution in [0.3, 0.4) is 0 Å². The van der Waals surface area contributed by atoms with Gasteiger partial charge in [0, 0.05) is 12.1 Å². The lowest BCUT2D eigenvalue weighted by atomic mass is 10.1. The maximum absolute atomic E-state index is 12.2. The third-order valence-corrected chi connectivity index (χ3v) is 3.63. The summed E-state index contributed by atoms with van der Waals surface area (Å²) in [5, 5.41) is 16.3. The van der Waals surface area contributed by atoms with Gasteiger partial charge in [0.15, 0.2) is 6.04 Å². The second-order valence-corrected chi connectivity index (χ2v) is 5.67. The van der Waals surface area contributed by atoms with Gasteiger partial charge >= 0.3 is 5.97 Å². The number of carbonyl (C=O) groups is 2. The van der Waals surface area contributed by atoms with E-state index >= 15 is 0 Å². The van der Waals surface area contributed by atoms with Gasteiger partial charge in [-0.1, -0.05) is 30.3 Å². The predicted octanol–water partition coefficient (Wildman–Crippen LogP) is 2.39. The maximum Gasteiger partial charge on any atom is 0.330 e. The van der Waals surface area contributed by atoms with Gasteiger partial charge in [-0.05, 0) is 32.4 Å². The minimum Gasteiger partial charge on any atom is -0.479 e. The zero-order chi connectivity index (χ0) is 17.0. The predicted molar refractivity (Wildman–Crippen MR) is 86.0 cm³/mol. The molecule has 1 heterocycles. The van der Waals surface area contributed by atoms with Crippen LogP contribution in [0.2, 0.25) is 0 Å². The van der Waals surface area contributed by atoms with Crippen molar-refractivity contribution < 1.29 is 14.7 Å². The fraction of sp³-hybridized carbons (Fsp3) is 0.353. The van der Waals surface area contributed by atoms with Gasteiger partial charge in [0.05, 0.1) is 11.7 Å². The number of amides is 1. The third kappa shape index (κ3) is 4.18. The number of carboxylic acids is 1. The van der Waals surface area contributed by atoms with E-state index in [0.717, 1.165) is 11.4 Å². The molecule has 6 nitrogen and oxygen atoms in total. The fourth-order valence-corrected chi connectivity index (χ4v) is 2.60. The average molecular weight is 315 g/mol. The second kappa shape index (κ2) is 7.09. The minimum absolute atomic E-state index is 0.145. The molecule has 23 heavy (non-hydrogen) atoms. The number of carboxylic acid groups (broad SMARTS) is 1. The highest BCUT2D eigenvalue weighted by molar-refractivity contribution is 5.84. The minimum atomic E-state index is -1.08. The van der Waals surface area contributed by atoms with Crippen LogP contribution in [0.1, 0.15) is 42.4 Å². The Morgan fingerprint density at radius 3 is 2.43 bits per heavy atom. The van der Waals surface area contributed by atoms with Crippen molar-refractivity contribution in [3.05, 3.63) is 53.3 Å². The molecule has 2 rings (SSSR count). The van der Waals surface area contributed by atoms with Crippen LogP contribution in [0.4, 0.5) is 0 Å². The van der Waals surface area contributed by atoms with Crippen molar-refractivity contribution in [1.29, 1.82) is 0 Å². The van der Waals surface area contributed by atoms with E-state index in [9.17, 15) is 14.7 Å². The summed E-state index contributed by atoms with van der Waals surface area (Å²) in [5.74, 6) is -1.40. The lowest BCUT2D eigenvalue weighted by molar-refractivity contribution is -0.142. The Bertz CT molecular complexity index is 694. The van der Waals surface area contributed by atoms with Crippen LogP contribution in [0.5, 0.6) is 0 Å². The molecule has 0 bridgehead atoms. The number of hydrogen-bond acceptors (Lipinski definition) is 3. The zero-order valence-electron chi connectivity index (χ0n) is 13.5. The van der Waals surface area contributed by atoms with E-state index in [-0.39, 0.29) is 18.4 Å². The van der Waals surface area contributed by atoms with Crippen LogP contribution in [0.25, 0.3) is 0 Å². The molecule has 122 valence electrons. The van der Waals surface area contributed by atoms with Crippen molar-refractivity contribution in [1.82, 2.24) is 15.1 Å². The molecule has 0 radical (unpaired) electrons. The molecule has 2 aromatic rings. The molecule has 2 atom stereocenters. The number of benzene rings is 1. The van der Waals surface area contributed by atoms with Crippen LogP contribution >= 0.6 is 0 Å². The van der Waals surface area contributed by atoms with E-state index in [1.54, 1.807) is 35.0 Å². The Balaban J connectivity index is 2.05. The number of aliphatic carboxylic acids is 1. The van der Waals surface area contributed by atoms with E-state index in [1.807, 2.05) is 26.8 Å². The first kappa shape index (κ1) is 16.7. The number of nitrogens with one attached hydrogen (secondary N) is 1. The van der Waals surface area contributed by atoms with Crippen molar-refractivity contribution in [3.63, 3.8) is 0 Å². The van der Waals surface area contributed by atoms with E-state index in [0.29, 0.717) is 5.56 Å². The summed E-state index contributed by atoms with van der Waals surface area (Å²) in [5.41, 5.74) is 2.41. The van der Waals surface area contributed by atoms with Gasteiger partial charge in [-0.15, -0.1) is 0 Å². The molecule has 1 unspecified atom stereocenters. The molecule has 0 saturated carbocycles. The number of nitrogens with zero attached hydrogens (tertiary/aromatic N) is 2. The molecule has 1 aromatic heterocycles. The lowest BCUT2D eigenvalue weighted by Crippen LogP contribution is -2.34. The summed E-state index contributed by atoms with van der Waals surface area (Å²) in [7, 11) is 0. The molecule has 0 spiro atoms. The highest BCUT2D eigenvalue weighted by Crippen LogP contribution is 2.17. The molecule has 0 aliphatic rings. The summed E-state index contributed by atoms with van der Waals surface area (Å²) in [6.45, 7) is 5.71. The Labute approximate surface area is 135 Å². The van der Waals surface area contributed by atoms with Gasteiger partial charge in [0.1, 0.15) is 0 Å². The van der Waals surface area contributed by atoms with Crippen molar-refractivity contribution in [2.24, 2.45) is 0 Å². The van der Waals surface area contributed by atoms with Crippen LogP contribution in [0, 0.1) is 13.8 Å². The van der Waals surface area contributed by atoms with E-state index in [4.69, 9.17) is 0 Å². The summed E-state index contributed by atoms with van der Waals surface area (Å²) >= 11 is 0. The molecule has 0 aliphatic carbocycles. The van der Waals surface area contributed by atoms with Crippen LogP contribution < -0.4 is 5.32 Å². The van der Waals surface area contributed by atoms with Gasteiger partial charge < -0.3 is 10.4 Å². The first-order valence-corrected chi connectivity index (χ1v) is 7.48.